The van der Waals surface area contributed by atoms with Gasteiger partial charge in [-0.25, -0.2) is 0 Å². The van der Waals surface area contributed by atoms with E-state index in [0.717, 1.165) is 37.5 Å². The Morgan fingerprint density at radius 1 is 1.59 bits per heavy atom. The number of nitrogens with zero attached hydrogens (tertiary/aromatic N) is 2. The molecule has 1 aliphatic heterocycles. The fourth-order valence-corrected chi connectivity index (χ4v) is 2.27. The maximum Gasteiger partial charge on any atom is 0.0674 e. The topological polar surface area (TPSA) is 51.4 Å². The van der Waals surface area contributed by atoms with Crippen LogP contribution in [-0.2, 0) is 11.3 Å². The van der Waals surface area contributed by atoms with Crippen molar-refractivity contribution in [3.63, 3.8) is 0 Å². The lowest BCUT2D eigenvalue weighted by atomic mass is 10.1. The molecule has 0 aromatic carbocycles. The lowest BCUT2D eigenvalue weighted by Crippen LogP contribution is -2.48. The number of hydrogen-bond acceptors (Lipinski definition) is 4. The van der Waals surface area contributed by atoms with Gasteiger partial charge in [-0.15, -0.1) is 0 Å². The number of morpholine rings is 1. The van der Waals surface area contributed by atoms with Crippen LogP contribution in [0.4, 0.5) is 5.69 Å². The molecule has 1 fully saturated rings. The average Bonchev–Trinajstić information content (AvgIpc) is 2.29. The number of rotatable bonds is 3. The number of nitrogen functional groups attached to an aromatic ring is 1. The van der Waals surface area contributed by atoms with Gasteiger partial charge in [-0.2, -0.15) is 0 Å². The number of anilines is 1. The number of aromatic nitrogens is 1. The molecule has 2 unspecified atom stereocenters. The fourth-order valence-electron chi connectivity index (χ4n) is 2.27. The summed E-state index contributed by atoms with van der Waals surface area (Å²) >= 11 is 0. The number of pyridine rings is 1. The molecule has 17 heavy (non-hydrogen) atoms. The van der Waals surface area contributed by atoms with Gasteiger partial charge < -0.3 is 10.5 Å². The molecule has 1 aromatic heterocycles. The highest BCUT2D eigenvalue weighted by Gasteiger charge is 2.25. The van der Waals surface area contributed by atoms with Crippen LogP contribution >= 0.6 is 0 Å². The van der Waals surface area contributed by atoms with Crippen LogP contribution in [0.2, 0.25) is 0 Å². The molecule has 2 heterocycles. The molecule has 1 aromatic rings. The maximum atomic E-state index is 5.77. The van der Waals surface area contributed by atoms with Crippen LogP contribution < -0.4 is 5.73 Å². The second kappa shape index (κ2) is 5.47. The second-order valence-corrected chi connectivity index (χ2v) is 4.72. The number of hydrogen-bond donors (Lipinski definition) is 1. The summed E-state index contributed by atoms with van der Waals surface area (Å²) in [5.74, 6) is 0. The minimum atomic E-state index is 0.304. The first-order valence-electron chi connectivity index (χ1n) is 6.25. The first-order valence-corrected chi connectivity index (χ1v) is 6.25. The third-order valence-corrected chi connectivity index (χ3v) is 3.26. The fraction of sp³-hybridized carbons (Fsp3) is 0.615. The summed E-state index contributed by atoms with van der Waals surface area (Å²) in [4.78, 5) is 6.81. The molecular formula is C13H21N3O. The minimum Gasteiger partial charge on any atom is -0.399 e. The van der Waals surface area contributed by atoms with E-state index in [1.54, 1.807) is 6.20 Å². The predicted molar refractivity (Wildman–Crippen MR) is 68.6 cm³/mol. The van der Waals surface area contributed by atoms with Crippen molar-refractivity contribution in [2.24, 2.45) is 0 Å². The van der Waals surface area contributed by atoms with Crippen LogP contribution in [0.5, 0.6) is 0 Å². The quantitative estimate of drug-likeness (QED) is 0.865. The molecule has 0 bridgehead atoms. The Kier molecular flexibility index (Phi) is 3.97. The van der Waals surface area contributed by atoms with Crippen LogP contribution in [-0.4, -0.2) is 35.2 Å². The SMILES string of the molecule is CCC1COC(C)CN1Cc1cc(N)ccn1. The molecule has 0 amide bonds. The number of nitrogens with two attached hydrogens (primary N) is 1. The smallest absolute Gasteiger partial charge is 0.0674 e. The van der Waals surface area contributed by atoms with Crippen molar-refractivity contribution in [3.8, 4) is 0 Å². The molecule has 0 radical (unpaired) electrons. The Morgan fingerprint density at radius 3 is 3.12 bits per heavy atom. The van der Waals surface area contributed by atoms with Gasteiger partial charge in [0.15, 0.2) is 0 Å². The van der Waals surface area contributed by atoms with Gasteiger partial charge in [-0.05, 0) is 25.5 Å². The first-order chi connectivity index (χ1) is 8.19. The Hall–Kier alpha value is -1.13. The monoisotopic (exact) mass is 235 g/mol. The van der Waals surface area contributed by atoms with Crippen LogP contribution in [0.1, 0.15) is 26.0 Å². The van der Waals surface area contributed by atoms with Crippen molar-refractivity contribution in [2.75, 3.05) is 18.9 Å². The molecule has 4 nitrogen and oxygen atoms in total. The van der Waals surface area contributed by atoms with Crippen molar-refractivity contribution in [1.29, 1.82) is 0 Å². The van der Waals surface area contributed by atoms with E-state index in [1.165, 1.54) is 0 Å². The third-order valence-electron chi connectivity index (χ3n) is 3.26. The lowest BCUT2D eigenvalue weighted by Gasteiger charge is -2.38. The Balaban J connectivity index is 2.04. The zero-order valence-electron chi connectivity index (χ0n) is 10.6. The van der Waals surface area contributed by atoms with Crippen LogP contribution in [0.15, 0.2) is 18.3 Å². The maximum absolute atomic E-state index is 5.77. The minimum absolute atomic E-state index is 0.304. The average molecular weight is 235 g/mol. The molecule has 2 atom stereocenters. The highest BCUT2D eigenvalue weighted by atomic mass is 16.5. The van der Waals surface area contributed by atoms with Crippen LogP contribution in [0.25, 0.3) is 0 Å². The Bertz CT molecular complexity index is 369. The van der Waals surface area contributed by atoms with Crippen molar-refractivity contribution >= 4 is 5.69 Å². The molecule has 4 heteroatoms. The van der Waals surface area contributed by atoms with Gasteiger partial charge in [0.1, 0.15) is 0 Å². The van der Waals surface area contributed by atoms with E-state index in [0.29, 0.717) is 12.1 Å². The normalized spacial score (nSPS) is 26.0. The zero-order valence-corrected chi connectivity index (χ0v) is 10.6. The molecule has 0 spiro atoms. The highest BCUT2D eigenvalue weighted by molar-refractivity contribution is 5.37. The van der Waals surface area contributed by atoms with Gasteiger partial charge in [-0.1, -0.05) is 6.92 Å². The molecule has 94 valence electrons. The Morgan fingerprint density at radius 2 is 2.41 bits per heavy atom. The lowest BCUT2D eigenvalue weighted by molar-refractivity contribution is -0.0595. The molecule has 1 saturated heterocycles. The Labute approximate surface area is 103 Å². The molecule has 0 saturated carbocycles. The van der Waals surface area contributed by atoms with E-state index in [4.69, 9.17) is 10.5 Å². The molecular weight excluding hydrogens is 214 g/mol. The summed E-state index contributed by atoms with van der Waals surface area (Å²) in [5, 5.41) is 0. The van der Waals surface area contributed by atoms with Crippen molar-refractivity contribution in [2.45, 2.75) is 39.0 Å². The van der Waals surface area contributed by atoms with Gasteiger partial charge >= 0.3 is 0 Å². The van der Waals surface area contributed by atoms with E-state index in [1.807, 2.05) is 12.1 Å². The van der Waals surface area contributed by atoms with Crippen LogP contribution in [0.3, 0.4) is 0 Å². The van der Waals surface area contributed by atoms with E-state index in [2.05, 4.69) is 23.7 Å². The van der Waals surface area contributed by atoms with Gasteiger partial charge in [-0.3, -0.25) is 9.88 Å². The summed E-state index contributed by atoms with van der Waals surface area (Å²) in [6, 6.07) is 4.27. The van der Waals surface area contributed by atoms with Crippen molar-refractivity contribution < 1.29 is 4.74 Å². The molecule has 2 rings (SSSR count). The summed E-state index contributed by atoms with van der Waals surface area (Å²) in [6.07, 6.45) is 3.18. The van der Waals surface area contributed by atoms with Crippen LogP contribution in [0, 0.1) is 0 Å². The standard InChI is InChI=1S/C13H21N3O/c1-3-13-9-17-10(2)7-16(13)8-12-6-11(14)4-5-15-12/h4-6,10,13H,3,7-9H2,1-2H3,(H2,14,15). The number of ether oxygens (including phenoxy) is 1. The van der Waals surface area contributed by atoms with Crippen molar-refractivity contribution in [1.82, 2.24) is 9.88 Å². The largest absolute Gasteiger partial charge is 0.399 e. The second-order valence-electron chi connectivity index (χ2n) is 4.72. The van der Waals surface area contributed by atoms with E-state index in [9.17, 15) is 0 Å². The summed E-state index contributed by atoms with van der Waals surface area (Å²) in [6.45, 7) is 6.96. The summed E-state index contributed by atoms with van der Waals surface area (Å²) < 4.78 is 5.69. The first kappa shape index (κ1) is 12.3. The predicted octanol–water partition coefficient (Wildman–Crippen LogP) is 1.66. The molecule has 1 aliphatic rings. The molecule has 2 N–H and O–H groups in total. The van der Waals surface area contributed by atoms with Gasteiger partial charge in [0.2, 0.25) is 0 Å². The van der Waals surface area contributed by atoms with Gasteiger partial charge in [0.25, 0.3) is 0 Å². The molecule has 0 aliphatic carbocycles. The summed E-state index contributed by atoms with van der Waals surface area (Å²) in [7, 11) is 0. The van der Waals surface area contributed by atoms with Gasteiger partial charge in [0.05, 0.1) is 18.4 Å². The van der Waals surface area contributed by atoms with Crippen molar-refractivity contribution in [3.05, 3.63) is 24.0 Å². The summed E-state index contributed by atoms with van der Waals surface area (Å²) in [5.41, 5.74) is 7.60. The van der Waals surface area contributed by atoms with E-state index >= 15 is 0 Å². The zero-order chi connectivity index (χ0) is 12.3. The third kappa shape index (κ3) is 3.17. The van der Waals surface area contributed by atoms with Gasteiger partial charge in [0, 0.05) is 31.0 Å². The van der Waals surface area contributed by atoms with E-state index in [-0.39, 0.29) is 0 Å². The van der Waals surface area contributed by atoms with E-state index < -0.39 is 0 Å². The highest BCUT2D eigenvalue weighted by Crippen LogP contribution is 2.17.